The Morgan fingerprint density at radius 3 is 2.81 bits per heavy atom. The molecular weight excluding hydrogens is 346 g/mol. The van der Waals surface area contributed by atoms with Gasteiger partial charge in [0.25, 0.3) is 0 Å². The molecule has 1 aliphatic rings. The van der Waals surface area contributed by atoms with Crippen LogP contribution in [0.5, 0.6) is 0 Å². The third kappa shape index (κ3) is 7.93. The number of nitrogens with zero attached hydrogens (tertiary/aromatic N) is 1. The van der Waals surface area contributed by atoms with Crippen LogP contribution in [0.25, 0.3) is 0 Å². The fourth-order valence-corrected chi connectivity index (χ4v) is 3.26. The zero-order valence-corrected chi connectivity index (χ0v) is 15.6. The Morgan fingerprint density at radius 1 is 1.30 bits per heavy atom. The average Bonchev–Trinajstić information content (AvgIpc) is 2.65. The maximum absolute atomic E-state index is 12.3. The van der Waals surface area contributed by atoms with E-state index in [9.17, 15) is 14.7 Å². The summed E-state index contributed by atoms with van der Waals surface area (Å²) in [7, 11) is 0. The maximum Gasteiger partial charge on any atom is 0.329 e. The Bertz CT molecular complexity index is 616. The van der Waals surface area contributed by atoms with Gasteiger partial charge in [-0.15, -0.1) is 0 Å². The molecule has 1 aliphatic heterocycles. The fraction of sp³-hybridized carbons (Fsp3) is 0.524. The number of hydrogen-bond donors (Lipinski definition) is 2. The van der Waals surface area contributed by atoms with Crippen LogP contribution in [0.3, 0.4) is 0 Å². The molecular formula is C21H29NO5. The molecule has 1 unspecified atom stereocenters. The molecule has 1 amide bonds. The van der Waals surface area contributed by atoms with Gasteiger partial charge in [-0.05, 0) is 31.2 Å². The van der Waals surface area contributed by atoms with E-state index in [0.29, 0.717) is 32.4 Å². The number of amides is 1. The number of benzene rings is 1. The molecule has 2 rings (SSSR count). The Morgan fingerprint density at radius 2 is 2.07 bits per heavy atom. The van der Waals surface area contributed by atoms with Gasteiger partial charge in [0.2, 0.25) is 5.91 Å². The largest absolute Gasteiger partial charge is 0.480 e. The molecule has 0 spiro atoms. The fourth-order valence-electron chi connectivity index (χ4n) is 3.26. The lowest BCUT2D eigenvalue weighted by Crippen LogP contribution is -2.43. The number of unbranched alkanes of at least 4 members (excludes halogenated alkanes) is 1. The van der Waals surface area contributed by atoms with E-state index in [4.69, 9.17) is 9.84 Å². The minimum absolute atomic E-state index is 0.0108. The highest BCUT2D eigenvalue weighted by Gasteiger charge is 2.25. The van der Waals surface area contributed by atoms with Gasteiger partial charge < -0.3 is 19.8 Å². The lowest BCUT2D eigenvalue weighted by atomic mass is 9.99. The number of carboxylic acids is 1. The molecule has 2 atom stereocenters. The lowest BCUT2D eigenvalue weighted by molar-refractivity contribution is -0.142. The molecule has 0 aliphatic carbocycles. The van der Waals surface area contributed by atoms with Crippen molar-refractivity contribution in [1.29, 1.82) is 0 Å². The molecule has 1 saturated heterocycles. The molecule has 1 heterocycles. The molecule has 6 nitrogen and oxygen atoms in total. The van der Waals surface area contributed by atoms with E-state index in [0.717, 1.165) is 24.8 Å². The molecule has 27 heavy (non-hydrogen) atoms. The molecule has 1 aromatic rings. The van der Waals surface area contributed by atoms with Crippen LogP contribution in [-0.4, -0.2) is 58.9 Å². The van der Waals surface area contributed by atoms with E-state index in [1.807, 2.05) is 41.3 Å². The molecule has 6 heteroatoms. The third-order valence-corrected chi connectivity index (χ3v) is 4.62. The zero-order valence-electron chi connectivity index (χ0n) is 15.6. The second-order valence-corrected chi connectivity index (χ2v) is 6.84. The minimum Gasteiger partial charge on any atom is -0.480 e. The van der Waals surface area contributed by atoms with Gasteiger partial charge in [0.05, 0.1) is 12.1 Å². The standard InChI is InChI=1S/C21H29NO5/c23-19(15-17-7-2-1-3-8-17)12-11-18-9-6-10-20(24)22(18)13-4-5-14-27-16-21(25)26/h1-3,7-8,11-12,18-19,23H,4-6,9-10,13-16H2,(H,25,26)/b12-11+/t18-,19?/m1/s1. The normalized spacial score (nSPS) is 18.8. The first-order valence-electron chi connectivity index (χ1n) is 9.55. The highest BCUT2D eigenvalue weighted by molar-refractivity contribution is 5.77. The van der Waals surface area contributed by atoms with Gasteiger partial charge in [0.1, 0.15) is 6.61 Å². The summed E-state index contributed by atoms with van der Waals surface area (Å²) in [6.07, 6.45) is 7.52. The minimum atomic E-state index is -0.972. The first-order chi connectivity index (χ1) is 13.1. The highest BCUT2D eigenvalue weighted by atomic mass is 16.5. The van der Waals surface area contributed by atoms with Crippen molar-refractivity contribution in [3.63, 3.8) is 0 Å². The summed E-state index contributed by atoms with van der Waals surface area (Å²) >= 11 is 0. The lowest BCUT2D eigenvalue weighted by Gasteiger charge is -2.34. The summed E-state index contributed by atoms with van der Waals surface area (Å²) in [5.74, 6) is -0.833. The van der Waals surface area contributed by atoms with Crippen molar-refractivity contribution in [1.82, 2.24) is 4.90 Å². The summed E-state index contributed by atoms with van der Waals surface area (Å²) in [4.78, 5) is 24.5. The quantitative estimate of drug-likeness (QED) is 0.458. The highest BCUT2D eigenvalue weighted by Crippen LogP contribution is 2.20. The number of carbonyl (C=O) groups excluding carboxylic acids is 1. The summed E-state index contributed by atoms with van der Waals surface area (Å²) < 4.78 is 5.02. The first kappa shape index (κ1) is 21.1. The van der Waals surface area contributed by atoms with Crippen molar-refractivity contribution in [3.8, 4) is 0 Å². The molecule has 0 saturated carbocycles. The Kier molecular flexibility index (Phi) is 9.01. The zero-order chi connectivity index (χ0) is 19.5. The number of ether oxygens (including phenoxy) is 1. The van der Waals surface area contributed by atoms with Crippen LogP contribution in [0.4, 0.5) is 0 Å². The average molecular weight is 375 g/mol. The van der Waals surface area contributed by atoms with Crippen LogP contribution in [0, 0.1) is 0 Å². The number of hydrogen-bond acceptors (Lipinski definition) is 4. The van der Waals surface area contributed by atoms with E-state index in [2.05, 4.69) is 0 Å². The second-order valence-electron chi connectivity index (χ2n) is 6.84. The van der Waals surface area contributed by atoms with Crippen LogP contribution in [0.1, 0.15) is 37.7 Å². The van der Waals surface area contributed by atoms with Crippen molar-refractivity contribution in [2.75, 3.05) is 19.8 Å². The molecule has 1 fully saturated rings. The number of aliphatic carboxylic acids is 1. The molecule has 0 aromatic heterocycles. The van der Waals surface area contributed by atoms with Crippen molar-refractivity contribution in [2.45, 2.75) is 50.7 Å². The van der Waals surface area contributed by atoms with Gasteiger partial charge in [-0.2, -0.15) is 0 Å². The Hall–Kier alpha value is -2.18. The Labute approximate surface area is 160 Å². The number of piperidine rings is 1. The molecule has 1 aromatic carbocycles. The van der Waals surface area contributed by atoms with Crippen LogP contribution in [0.2, 0.25) is 0 Å². The van der Waals surface area contributed by atoms with Gasteiger partial charge in [-0.3, -0.25) is 4.79 Å². The van der Waals surface area contributed by atoms with Gasteiger partial charge in [0.15, 0.2) is 0 Å². The predicted molar refractivity (Wildman–Crippen MR) is 102 cm³/mol. The molecule has 0 radical (unpaired) electrons. The van der Waals surface area contributed by atoms with Crippen LogP contribution < -0.4 is 0 Å². The molecule has 0 bridgehead atoms. The summed E-state index contributed by atoms with van der Waals surface area (Å²) in [6.45, 7) is 0.719. The number of carboxylic acid groups (broad SMARTS) is 1. The number of carbonyl (C=O) groups is 2. The van der Waals surface area contributed by atoms with E-state index >= 15 is 0 Å². The Balaban J connectivity index is 1.79. The maximum atomic E-state index is 12.3. The van der Waals surface area contributed by atoms with Crippen LogP contribution in [-0.2, 0) is 20.7 Å². The van der Waals surface area contributed by atoms with Crippen LogP contribution in [0.15, 0.2) is 42.5 Å². The molecule has 148 valence electrons. The monoisotopic (exact) mass is 375 g/mol. The van der Waals surface area contributed by atoms with Crippen molar-refractivity contribution >= 4 is 11.9 Å². The molecule has 2 N–H and O–H groups in total. The van der Waals surface area contributed by atoms with E-state index in [-0.39, 0.29) is 18.6 Å². The number of aliphatic hydroxyl groups excluding tert-OH is 1. The van der Waals surface area contributed by atoms with Crippen molar-refractivity contribution in [3.05, 3.63) is 48.0 Å². The van der Waals surface area contributed by atoms with Gasteiger partial charge in [0, 0.05) is 26.0 Å². The smallest absolute Gasteiger partial charge is 0.329 e. The number of likely N-dealkylation sites (tertiary alicyclic amines) is 1. The first-order valence-corrected chi connectivity index (χ1v) is 9.55. The third-order valence-electron chi connectivity index (χ3n) is 4.62. The topological polar surface area (TPSA) is 87.1 Å². The summed E-state index contributed by atoms with van der Waals surface area (Å²) in [6, 6.07) is 9.83. The summed E-state index contributed by atoms with van der Waals surface area (Å²) in [5.41, 5.74) is 1.08. The van der Waals surface area contributed by atoms with Crippen LogP contribution >= 0.6 is 0 Å². The van der Waals surface area contributed by atoms with Gasteiger partial charge >= 0.3 is 5.97 Å². The van der Waals surface area contributed by atoms with Gasteiger partial charge in [-0.1, -0.05) is 42.5 Å². The summed E-state index contributed by atoms with van der Waals surface area (Å²) in [5, 5.41) is 18.8. The van der Waals surface area contributed by atoms with E-state index in [1.165, 1.54) is 0 Å². The van der Waals surface area contributed by atoms with E-state index in [1.54, 1.807) is 6.08 Å². The number of aliphatic hydroxyl groups is 1. The second kappa shape index (κ2) is 11.5. The van der Waals surface area contributed by atoms with Gasteiger partial charge in [-0.25, -0.2) is 4.79 Å². The van der Waals surface area contributed by atoms with Crippen molar-refractivity contribution < 1.29 is 24.5 Å². The number of rotatable bonds is 11. The predicted octanol–water partition coefficient (Wildman–Crippen LogP) is 2.41. The SMILES string of the molecule is O=C(O)COCCCCN1C(=O)CCC[C@@H]1/C=C/C(O)Cc1ccccc1. The van der Waals surface area contributed by atoms with Crippen molar-refractivity contribution in [2.24, 2.45) is 0 Å². The van der Waals surface area contributed by atoms with E-state index < -0.39 is 12.1 Å².